The highest BCUT2D eigenvalue weighted by atomic mass is 15.2. The zero-order valence-electron chi connectivity index (χ0n) is 32.5. The molecule has 0 unspecified atom stereocenters. The summed E-state index contributed by atoms with van der Waals surface area (Å²) in [6.07, 6.45) is 0. The Balaban J connectivity index is 1.35. The van der Waals surface area contributed by atoms with Gasteiger partial charge in [0, 0.05) is 54.9 Å². The van der Waals surface area contributed by atoms with Gasteiger partial charge in [-0.2, -0.15) is 9.97 Å². The Hall–Kier alpha value is -6.14. The van der Waals surface area contributed by atoms with Crippen LogP contribution in [0.15, 0.2) is 109 Å². The highest BCUT2D eigenvalue weighted by molar-refractivity contribution is 6.69. The molecule has 7 aromatic carbocycles. The van der Waals surface area contributed by atoms with Crippen LogP contribution in [0.4, 0.5) is 0 Å². The molecule has 22 radical (unpaired) electrons. The topological polar surface area (TPSA) is 48.5 Å². The SMILES string of the molecule is [B]c1cc([B])c2c(c1)c1c3c4cc([B])cc([B])c4n(-c4nc(-c5ccccc5)nc(-c5cccc(-c6c([B])c([B])c([B])c([B])c6[B])c5)n4)c3c([B])c([B])c1n2-c1ccccc1. The van der Waals surface area contributed by atoms with Crippen LogP contribution in [0.2, 0.25) is 0 Å². The van der Waals surface area contributed by atoms with Crippen molar-refractivity contribution in [2.45, 2.75) is 0 Å². The minimum atomic E-state index is 0.116. The summed E-state index contributed by atoms with van der Waals surface area (Å²) in [5, 5.41) is 2.84. The lowest BCUT2D eigenvalue weighted by Gasteiger charge is -2.21. The summed E-state index contributed by atoms with van der Waals surface area (Å²) in [6, 6.07) is 33.8. The second-order valence-corrected chi connectivity index (χ2v) is 15.0. The number of fused-ring (bicyclic) bond motifs is 7. The maximum atomic E-state index is 7.25. The summed E-state index contributed by atoms with van der Waals surface area (Å²) in [7, 11) is 72.9. The third kappa shape index (κ3) is 5.96. The molecule has 0 saturated carbocycles. The van der Waals surface area contributed by atoms with E-state index in [1.54, 1.807) is 12.1 Å². The second kappa shape index (κ2) is 14.5. The van der Waals surface area contributed by atoms with E-state index in [-0.39, 0.29) is 38.7 Å². The van der Waals surface area contributed by atoms with Crippen LogP contribution in [0.3, 0.4) is 0 Å². The fraction of sp³-hybridized carbons (Fsp3) is 0. The highest BCUT2D eigenvalue weighted by Gasteiger charge is 2.27. The van der Waals surface area contributed by atoms with E-state index in [0.29, 0.717) is 88.5 Å². The Labute approximate surface area is 367 Å². The van der Waals surface area contributed by atoms with Gasteiger partial charge in [-0.15, -0.1) is 16.4 Å². The summed E-state index contributed by atoms with van der Waals surface area (Å²) in [5.74, 6) is 0.864. The highest BCUT2D eigenvalue weighted by Crippen LogP contribution is 2.40. The average molecular weight is 748 g/mol. The summed E-state index contributed by atoms with van der Waals surface area (Å²) < 4.78 is 3.82. The van der Waals surface area contributed by atoms with Gasteiger partial charge in [0.15, 0.2) is 11.6 Å². The van der Waals surface area contributed by atoms with Gasteiger partial charge in [0.05, 0.1) is 5.52 Å². The molecule has 0 aliphatic rings. The number of benzene rings is 7. The van der Waals surface area contributed by atoms with Crippen LogP contribution in [0.5, 0.6) is 0 Å². The van der Waals surface area contributed by atoms with Crippen LogP contribution >= 0.6 is 0 Å². The van der Waals surface area contributed by atoms with E-state index in [4.69, 9.17) is 101 Å². The van der Waals surface area contributed by atoms with Crippen LogP contribution in [-0.4, -0.2) is 110 Å². The average Bonchev–Trinajstić information content (AvgIpc) is 3.78. The molecular weight excluding hydrogens is 729 g/mol. The van der Waals surface area contributed by atoms with Crippen LogP contribution < -0.4 is 60.1 Å². The zero-order chi connectivity index (χ0) is 42.6. The van der Waals surface area contributed by atoms with Gasteiger partial charge >= 0.3 is 0 Å². The smallest absolute Gasteiger partial charge is 0.238 e. The Morgan fingerprint density at radius 2 is 0.820 bits per heavy atom. The van der Waals surface area contributed by atoms with Gasteiger partial charge in [-0.1, -0.05) is 135 Å². The first-order valence-corrected chi connectivity index (χ1v) is 19.1. The van der Waals surface area contributed by atoms with Crippen molar-refractivity contribution in [1.29, 1.82) is 0 Å². The lowest BCUT2D eigenvalue weighted by molar-refractivity contribution is 0.956. The van der Waals surface area contributed by atoms with Crippen LogP contribution in [0.1, 0.15) is 0 Å². The number of rotatable bonds is 5. The number of aromatic nitrogens is 5. The van der Waals surface area contributed by atoms with E-state index in [2.05, 4.69) is 0 Å². The molecule has 0 spiro atoms. The van der Waals surface area contributed by atoms with Crippen molar-refractivity contribution in [3.63, 3.8) is 0 Å². The van der Waals surface area contributed by atoms with Gasteiger partial charge in [-0.05, 0) is 29.3 Å². The molecule has 0 saturated heterocycles. The van der Waals surface area contributed by atoms with E-state index in [0.717, 1.165) is 22.0 Å². The molecule has 0 bridgehead atoms. The van der Waals surface area contributed by atoms with Gasteiger partial charge in [-0.3, -0.25) is 4.57 Å². The van der Waals surface area contributed by atoms with Crippen molar-refractivity contribution in [3.8, 4) is 45.5 Å². The fourth-order valence-corrected chi connectivity index (χ4v) is 8.53. The first kappa shape index (κ1) is 39.0. The zero-order valence-corrected chi connectivity index (χ0v) is 32.5. The summed E-state index contributed by atoms with van der Waals surface area (Å²) in [5.41, 5.74) is 8.53. The minimum absolute atomic E-state index is 0.116. The molecule has 5 nitrogen and oxygen atoms in total. The first-order chi connectivity index (χ1) is 29.3. The Kier molecular flexibility index (Phi) is 9.28. The standard InChI is InChI=1S/C45H18B11N5/c46-22-15-25-30-31-26-16-23(47)18-28(49)40(26)61(42(31)38(56)37(55)41(30)60(39(25)27(48)17-22)24-12-5-2-6-13-24)45-58-43(19-8-3-1-4-9-19)57-44(59-45)21-11-7-10-20(14-21)29-32(50)34(52)36(54)35(53)33(29)51/h1-18H. The summed E-state index contributed by atoms with van der Waals surface area (Å²) in [4.78, 5) is 15.2. The molecule has 61 heavy (non-hydrogen) atoms. The maximum Gasteiger partial charge on any atom is 0.238 e. The van der Waals surface area contributed by atoms with Crippen molar-refractivity contribution in [1.82, 2.24) is 24.1 Å². The second-order valence-electron chi connectivity index (χ2n) is 15.0. The number of para-hydroxylation sites is 1. The maximum absolute atomic E-state index is 7.25. The van der Waals surface area contributed by atoms with Crippen LogP contribution in [0, 0.1) is 0 Å². The molecule has 0 atom stereocenters. The normalized spacial score (nSPS) is 11.7. The molecule has 10 aromatic rings. The lowest BCUT2D eigenvalue weighted by Crippen LogP contribution is -2.55. The third-order valence-corrected chi connectivity index (χ3v) is 11.3. The Morgan fingerprint density at radius 1 is 0.361 bits per heavy atom. The summed E-state index contributed by atoms with van der Waals surface area (Å²) in [6.45, 7) is 0. The molecule has 0 aliphatic carbocycles. The van der Waals surface area contributed by atoms with Gasteiger partial charge in [0.25, 0.3) is 0 Å². The molecule has 3 heterocycles. The molecule has 3 aromatic heterocycles. The largest absolute Gasteiger partial charge is 0.310 e. The van der Waals surface area contributed by atoms with E-state index in [1.165, 1.54) is 0 Å². The Bertz CT molecular complexity index is 3470. The summed E-state index contributed by atoms with van der Waals surface area (Å²) >= 11 is 0. The number of hydrogen-bond donors (Lipinski definition) is 0. The van der Waals surface area contributed by atoms with E-state index < -0.39 is 0 Å². The van der Waals surface area contributed by atoms with Crippen molar-refractivity contribution in [2.75, 3.05) is 0 Å². The lowest BCUT2D eigenvalue weighted by atomic mass is 9.59. The van der Waals surface area contributed by atoms with E-state index in [1.807, 2.05) is 106 Å². The predicted octanol–water partition coefficient (Wildman–Crippen LogP) is -2.20. The van der Waals surface area contributed by atoms with Gasteiger partial charge < -0.3 is 4.57 Å². The van der Waals surface area contributed by atoms with Gasteiger partial charge in [-0.25, -0.2) is 4.98 Å². The van der Waals surface area contributed by atoms with Gasteiger partial charge in [0.2, 0.25) is 5.95 Å². The van der Waals surface area contributed by atoms with Crippen molar-refractivity contribution >= 4 is 190 Å². The first-order valence-electron chi connectivity index (χ1n) is 19.1. The Morgan fingerprint density at radius 3 is 1.39 bits per heavy atom. The fourth-order valence-electron chi connectivity index (χ4n) is 8.53. The monoisotopic (exact) mass is 749 g/mol. The molecule has 0 aliphatic heterocycles. The van der Waals surface area contributed by atoms with Crippen molar-refractivity contribution in [2.24, 2.45) is 0 Å². The third-order valence-electron chi connectivity index (χ3n) is 11.3. The molecule has 0 N–H and O–H groups in total. The quantitative estimate of drug-likeness (QED) is 0.188. The molecule has 0 amide bonds. The van der Waals surface area contributed by atoms with Crippen molar-refractivity contribution < 1.29 is 0 Å². The van der Waals surface area contributed by atoms with Crippen LogP contribution in [0.25, 0.3) is 89.2 Å². The minimum Gasteiger partial charge on any atom is -0.310 e. The van der Waals surface area contributed by atoms with E-state index >= 15 is 0 Å². The van der Waals surface area contributed by atoms with E-state index in [9.17, 15) is 0 Å². The molecule has 0 fully saturated rings. The molecular formula is C45H18B11N5. The van der Waals surface area contributed by atoms with Gasteiger partial charge in [0.1, 0.15) is 86.3 Å². The van der Waals surface area contributed by atoms with Crippen LogP contribution in [-0.2, 0) is 0 Å². The number of hydrogen-bond acceptors (Lipinski definition) is 3. The predicted molar refractivity (Wildman–Crippen MR) is 264 cm³/mol. The number of nitrogens with zero attached hydrogens (tertiary/aromatic N) is 5. The molecule has 256 valence electrons. The molecule has 10 rings (SSSR count). The molecule has 16 heteroatoms. The van der Waals surface area contributed by atoms with Crippen molar-refractivity contribution in [3.05, 3.63) is 109 Å².